The largest absolute Gasteiger partial charge is 0.444 e. The summed E-state index contributed by atoms with van der Waals surface area (Å²) >= 11 is 0. The molecule has 1 rings (SSSR count). The highest BCUT2D eigenvalue weighted by Gasteiger charge is 2.24. The van der Waals surface area contributed by atoms with E-state index in [1.54, 1.807) is 38.8 Å². The molecule has 0 bridgehead atoms. The predicted molar refractivity (Wildman–Crippen MR) is 68.5 cm³/mol. The molecule has 1 aromatic heterocycles. The lowest BCUT2D eigenvalue weighted by Gasteiger charge is -2.27. The highest BCUT2D eigenvalue weighted by atomic mass is 16.6. The summed E-state index contributed by atoms with van der Waals surface area (Å²) < 4.78 is 6.82. The van der Waals surface area contributed by atoms with E-state index < -0.39 is 17.7 Å². The van der Waals surface area contributed by atoms with Gasteiger partial charge in [0.05, 0.1) is 6.04 Å². The summed E-state index contributed by atoms with van der Waals surface area (Å²) in [5.74, 6) is 0. The lowest BCUT2D eigenvalue weighted by molar-refractivity contribution is -0.112. The molecular weight excluding hydrogens is 248 g/mol. The van der Waals surface area contributed by atoms with E-state index in [0.29, 0.717) is 13.0 Å². The Kier molecular flexibility index (Phi) is 5.02. The van der Waals surface area contributed by atoms with Gasteiger partial charge in [-0.05, 0) is 27.2 Å². The molecular formula is C12H20N4O3. The molecule has 7 heteroatoms. The van der Waals surface area contributed by atoms with E-state index in [1.165, 1.54) is 11.2 Å². The standard InChI is InChI=1S/C12H20N4O3/c1-12(2,3)19-11(18)15(4)10(7-17)5-6-16-9-13-8-14-16/h7-10H,5-6H2,1-4H3. The number of hydrogen-bond acceptors (Lipinski definition) is 5. The maximum Gasteiger partial charge on any atom is 0.410 e. The van der Waals surface area contributed by atoms with Gasteiger partial charge < -0.3 is 14.4 Å². The van der Waals surface area contributed by atoms with Gasteiger partial charge in [0.1, 0.15) is 24.5 Å². The van der Waals surface area contributed by atoms with Crippen molar-refractivity contribution in [3.63, 3.8) is 0 Å². The molecule has 1 aromatic rings. The average molecular weight is 268 g/mol. The number of ether oxygens (including phenoxy) is 1. The first-order valence-electron chi connectivity index (χ1n) is 6.07. The number of likely N-dealkylation sites (N-methyl/N-ethyl adjacent to an activating group) is 1. The number of aryl methyl sites for hydroxylation is 1. The van der Waals surface area contributed by atoms with Crippen molar-refractivity contribution in [1.82, 2.24) is 19.7 Å². The molecule has 19 heavy (non-hydrogen) atoms. The van der Waals surface area contributed by atoms with Gasteiger partial charge in [-0.1, -0.05) is 0 Å². The van der Waals surface area contributed by atoms with Crippen LogP contribution in [0.5, 0.6) is 0 Å². The van der Waals surface area contributed by atoms with Gasteiger partial charge in [0.15, 0.2) is 0 Å². The summed E-state index contributed by atoms with van der Waals surface area (Å²) in [6.45, 7) is 5.86. The van der Waals surface area contributed by atoms with E-state index in [9.17, 15) is 9.59 Å². The van der Waals surface area contributed by atoms with Crippen molar-refractivity contribution in [2.45, 2.75) is 45.4 Å². The molecule has 7 nitrogen and oxygen atoms in total. The van der Waals surface area contributed by atoms with Crippen molar-refractivity contribution < 1.29 is 14.3 Å². The third kappa shape index (κ3) is 5.07. The van der Waals surface area contributed by atoms with Gasteiger partial charge in [0, 0.05) is 13.6 Å². The summed E-state index contributed by atoms with van der Waals surface area (Å²) in [6.07, 6.45) is 3.68. The van der Waals surface area contributed by atoms with E-state index in [1.807, 2.05) is 0 Å². The van der Waals surface area contributed by atoms with Crippen molar-refractivity contribution in [1.29, 1.82) is 0 Å². The second-order valence-electron chi connectivity index (χ2n) is 5.24. The van der Waals surface area contributed by atoms with Gasteiger partial charge in [-0.25, -0.2) is 9.78 Å². The Bertz CT molecular complexity index is 411. The summed E-state index contributed by atoms with van der Waals surface area (Å²) in [6, 6.07) is -0.543. The highest BCUT2D eigenvalue weighted by Crippen LogP contribution is 2.11. The predicted octanol–water partition coefficient (Wildman–Crippen LogP) is 1.10. The van der Waals surface area contributed by atoms with Crippen molar-refractivity contribution in [3.8, 4) is 0 Å². The normalized spacial score (nSPS) is 12.8. The first kappa shape index (κ1) is 15.1. The summed E-state index contributed by atoms with van der Waals surface area (Å²) in [5, 5.41) is 3.94. The SMILES string of the molecule is CN(C(=O)OC(C)(C)C)C(C=O)CCn1cncn1. The molecule has 1 heterocycles. The van der Waals surface area contributed by atoms with Crippen molar-refractivity contribution in [2.24, 2.45) is 0 Å². The summed E-state index contributed by atoms with van der Waals surface area (Å²) in [5.41, 5.74) is -0.579. The molecule has 106 valence electrons. The first-order chi connectivity index (χ1) is 8.83. The molecule has 0 fully saturated rings. The van der Waals surface area contributed by atoms with Crippen LogP contribution in [-0.4, -0.2) is 50.7 Å². The second kappa shape index (κ2) is 6.31. The van der Waals surface area contributed by atoms with E-state index >= 15 is 0 Å². The lowest BCUT2D eigenvalue weighted by Crippen LogP contribution is -2.42. The molecule has 1 unspecified atom stereocenters. The maximum atomic E-state index is 11.8. The third-order valence-electron chi connectivity index (χ3n) is 2.46. The van der Waals surface area contributed by atoms with Gasteiger partial charge in [-0.15, -0.1) is 0 Å². The summed E-state index contributed by atoms with van der Waals surface area (Å²) in [4.78, 5) is 28.0. The smallest absolute Gasteiger partial charge is 0.410 e. The number of rotatable bonds is 5. The molecule has 0 aromatic carbocycles. The quantitative estimate of drug-likeness (QED) is 0.747. The van der Waals surface area contributed by atoms with Crippen molar-refractivity contribution in [2.75, 3.05) is 7.05 Å². The van der Waals surface area contributed by atoms with Gasteiger partial charge in [-0.3, -0.25) is 4.68 Å². The maximum absolute atomic E-state index is 11.8. The van der Waals surface area contributed by atoms with Crippen LogP contribution < -0.4 is 0 Å². The first-order valence-corrected chi connectivity index (χ1v) is 6.07. The van der Waals surface area contributed by atoms with Crippen LogP contribution in [0.4, 0.5) is 4.79 Å². The fraction of sp³-hybridized carbons (Fsp3) is 0.667. The molecule has 0 aliphatic carbocycles. The molecule has 1 amide bonds. The average Bonchev–Trinajstić information content (AvgIpc) is 2.80. The molecule has 0 aliphatic rings. The van der Waals surface area contributed by atoms with Gasteiger partial charge in [0.25, 0.3) is 0 Å². The number of nitrogens with zero attached hydrogens (tertiary/aromatic N) is 4. The monoisotopic (exact) mass is 268 g/mol. The number of aromatic nitrogens is 3. The van der Waals surface area contributed by atoms with Crippen LogP contribution in [-0.2, 0) is 16.1 Å². The van der Waals surface area contributed by atoms with Crippen molar-refractivity contribution >= 4 is 12.4 Å². The molecule has 1 atom stereocenters. The van der Waals surface area contributed by atoms with E-state index in [-0.39, 0.29) is 0 Å². The zero-order valence-corrected chi connectivity index (χ0v) is 11.7. The topological polar surface area (TPSA) is 77.3 Å². The number of amides is 1. The number of carbonyl (C=O) groups excluding carboxylic acids is 2. The zero-order chi connectivity index (χ0) is 14.5. The Hall–Kier alpha value is -1.92. The Morgan fingerprint density at radius 3 is 2.68 bits per heavy atom. The second-order valence-corrected chi connectivity index (χ2v) is 5.24. The van der Waals surface area contributed by atoms with Crippen LogP contribution in [0.15, 0.2) is 12.7 Å². The number of carbonyl (C=O) groups is 2. The zero-order valence-electron chi connectivity index (χ0n) is 11.7. The Balaban J connectivity index is 2.53. The van der Waals surface area contributed by atoms with Gasteiger partial charge >= 0.3 is 6.09 Å². The molecule has 0 radical (unpaired) electrons. The minimum Gasteiger partial charge on any atom is -0.444 e. The molecule has 0 saturated carbocycles. The lowest BCUT2D eigenvalue weighted by atomic mass is 10.2. The van der Waals surface area contributed by atoms with Crippen LogP contribution in [0.3, 0.4) is 0 Å². The van der Waals surface area contributed by atoms with E-state index in [4.69, 9.17) is 4.74 Å². The number of hydrogen-bond donors (Lipinski definition) is 0. The Labute approximate surface area is 112 Å². The highest BCUT2D eigenvalue weighted by molar-refractivity contribution is 5.73. The molecule has 0 N–H and O–H groups in total. The van der Waals surface area contributed by atoms with Crippen molar-refractivity contribution in [3.05, 3.63) is 12.7 Å². The van der Waals surface area contributed by atoms with Crippen LogP contribution in [0.25, 0.3) is 0 Å². The Morgan fingerprint density at radius 2 is 2.21 bits per heavy atom. The molecule has 0 spiro atoms. The van der Waals surface area contributed by atoms with Crippen LogP contribution >= 0.6 is 0 Å². The Morgan fingerprint density at radius 1 is 1.53 bits per heavy atom. The van der Waals surface area contributed by atoms with Crippen LogP contribution in [0.1, 0.15) is 27.2 Å². The molecule has 0 saturated heterocycles. The van der Waals surface area contributed by atoms with E-state index in [2.05, 4.69) is 10.1 Å². The molecule has 0 aliphatic heterocycles. The minimum absolute atomic E-state index is 0.461. The minimum atomic E-state index is -0.579. The third-order valence-corrected chi connectivity index (χ3v) is 2.46. The summed E-state index contributed by atoms with van der Waals surface area (Å²) in [7, 11) is 1.55. The fourth-order valence-corrected chi connectivity index (χ4v) is 1.44. The fourth-order valence-electron chi connectivity index (χ4n) is 1.44. The number of aldehydes is 1. The van der Waals surface area contributed by atoms with E-state index in [0.717, 1.165) is 6.29 Å². The van der Waals surface area contributed by atoms with Crippen LogP contribution in [0.2, 0.25) is 0 Å². The van der Waals surface area contributed by atoms with Gasteiger partial charge in [0.2, 0.25) is 0 Å². The van der Waals surface area contributed by atoms with Crippen LogP contribution in [0, 0.1) is 0 Å². The van der Waals surface area contributed by atoms with Gasteiger partial charge in [-0.2, -0.15) is 5.10 Å².